The second kappa shape index (κ2) is 5.49. The van der Waals surface area contributed by atoms with Gasteiger partial charge in [-0.25, -0.2) is 0 Å². The first-order valence-corrected chi connectivity index (χ1v) is 8.96. The molecule has 0 spiro atoms. The van der Waals surface area contributed by atoms with Crippen molar-refractivity contribution in [2.75, 3.05) is 5.32 Å². The minimum Gasteiger partial charge on any atom is -0.358 e. The van der Waals surface area contributed by atoms with E-state index in [4.69, 9.17) is 0 Å². The number of amides is 1. The van der Waals surface area contributed by atoms with Crippen molar-refractivity contribution in [2.45, 2.75) is 32.1 Å². The van der Waals surface area contributed by atoms with Gasteiger partial charge < -0.3 is 10.3 Å². The average molecular weight is 383 g/mol. The van der Waals surface area contributed by atoms with E-state index in [1.54, 1.807) is 0 Å². The lowest BCUT2D eigenvalue weighted by Crippen LogP contribution is -2.28. The van der Waals surface area contributed by atoms with Crippen molar-refractivity contribution in [2.24, 2.45) is 0 Å². The maximum Gasteiger partial charge on any atom is 0.235 e. The largest absolute Gasteiger partial charge is 0.358 e. The summed E-state index contributed by atoms with van der Waals surface area (Å²) in [4.78, 5) is 16.5. The van der Waals surface area contributed by atoms with Crippen LogP contribution in [0.1, 0.15) is 29.7 Å². The fraction of sp³-hybridized carbons (Fsp3) is 0.250. The number of fused-ring (bicyclic) bond motifs is 1. The molecular weight excluding hydrogens is 364 g/mol. The zero-order valence-corrected chi connectivity index (χ0v) is 15.3. The van der Waals surface area contributed by atoms with Gasteiger partial charge in [-0.15, -0.1) is 0 Å². The van der Waals surface area contributed by atoms with Gasteiger partial charge in [0, 0.05) is 26.8 Å². The molecule has 122 valence electrons. The highest BCUT2D eigenvalue weighted by Gasteiger charge is 2.53. The topological polar surface area (TPSA) is 44.9 Å². The van der Waals surface area contributed by atoms with Crippen LogP contribution in [0.4, 0.5) is 5.69 Å². The fourth-order valence-electron chi connectivity index (χ4n) is 3.62. The van der Waals surface area contributed by atoms with Gasteiger partial charge in [-0.3, -0.25) is 4.79 Å². The zero-order chi connectivity index (χ0) is 16.9. The van der Waals surface area contributed by atoms with E-state index < -0.39 is 5.41 Å². The molecular formula is C20H19BrN2O. The first-order chi connectivity index (χ1) is 11.5. The SMILES string of the molecule is Cc1cc(Br)ccc1NC(=O)C1(c2c(C)[nH]c3ccccc23)CC1. The van der Waals surface area contributed by atoms with Crippen LogP contribution >= 0.6 is 15.9 Å². The first kappa shape index (κ1) is 15.5. The second-order valence-electron chi connectivity index (χ2n) is 6.67. The van der Waals surface area contributed by atoms with Gasteiger partial charge in [0.05, 0.1) is 5.41 Å². The molecule has 3 aromatic rings. The van der Waals surface area contributed by atoms with Crippen molar-refractivity contribution in [1.29, 1.82) is 0 Å². The molecule has 2 aromatic carbocycles. The molecule has 3 nitrogen and oxygen atoms in total. The standard InChI is InChI=1S/C20H19BrN2O/c1-12-11-14(21)7-8-16(12)23-19(24)20(9-10-20)18-13(2)22-17-6-4-3-5-15(17)18/h3-8,11,22H,9-10H2,1-2H3,(H,23,24). The minimum atomic E-state index is -0.400. The van der Waals surface area contributed by atoms with Crippen LogP contribution in [0.2, 0.25) is 0 Å². The molecule has 0 atom stereocenters. The van der Waals surface area contributed by atoms with Crippen LogP contribution in [0.5, 0.6) is 0 Å². The number of halogens is 1. The summed E-state index contributed by atoms with van der Waals surface area (Å²) in [5, 5.41) is 4.31. The second-order valence-corrected chi connectivity index (χ2v) is 7.58. The van der Waals surface area contributed by atoms with Crippen molar-refractivity contribution in [1.82, 2.24) is 4.98 Å². The highest BCUT2D eigenvalue weighted by atomic mass is 79.9. The minimum absolute atomic E-state index is 0.0979. The van der Waals surface area contributed by atoms with Gasteiger partial charge in [0.2, 0.25) is 5.91 Å². The molecule has 4 rings (SSSR count). The molecule has 0 saturated heterocycles. The van der Waals surface area contributed by atoms with Crippen LogP contribution in [0.3, 0.4) is 0 Å². The highest BCUT2D eigenvalue weighted by molar-refractivity contribution is 9.10. The number of aryl methyl sites for hydroxylation is 2. The lowest BCUT2D eigenvalue weighted by Gasteiger charge is -2.17. The molecule has 1 aliphatic rings. The summed E-state index contributed by atoms with van der Waals surface area (Å²) in [6, 6.07) is 14.2. The molecule has 0 bridgehead atoms. The Bertz CT molecular complexity index is 953. The first-order valence-electron chi connectivity index (χ1n) is 8.17. The van der Waals surface area contributed by atoms with E-state index in [1.165, 1.54) is 0 Å². The summed E-state index contributed by atoms with van der Waals surface area (Å²) in [5.41, 5.74) is 4.89. The van der Waals surface area contributed by atoms with Crippen LogP contribution in [0, 0.1) is 13.8 Å². The Labute approximate surface area is 149 Å². The number of H-pyrrole nitrogens is 1. The van der Waals surface area contributed by atoms with Crippen LogP contribution in [-0.2, 0) is 10.2 Å². The molecule has 2 N–H and O–H groups in total. The van der Waals surface area contributed by atoms with Crippen LogP contribution in [-0.4, -0.2) is 10.9 Å². The Morgan fingerprint density at radius 3 is 2.62 bits per heavy atom. The summed E-state index contributed by atoms with van der Waals surface area (Å²) < 4.78 is 1.02. The number of anilines is 1. The summed E-state index contributed by atoms with van der Waals surface area (Å²) in [6.45, 7) is 4.07. The third-order valence-electron chi connectivity index (χ3n) is 4.99. The van der Waals surface area contributed by atoms with Crippen molar-refractivity contribution < 1.29 is 4.79 Å². The molecule has 1 aliphatic carbocycles. The van der Waals surface area contributed by atoms with Gasteiger partial charge in [0.1, 0.15) is 0 Å². The van der Waals surface area contributed by atoms with Crippen molar-refractivity contribution in [3.05, 3.63) is 63.8 Å². The Balaban J connectivity index is 1.72. The smallest absolute Gasteiger partial charge is 0.235 e. The van der Waals surface area contributed by atoms with E-state index in [2.05, 4.69) is 45.3 Å². The van der Waals surface area contributed by atoms with Crippen molar-refractivity contribution in [3.8, 4) is 0 Å². The van der Waals surface area contributed by atoms with E-state index in [-0.39, 0.29) is 5.91 Å². The lowest BCUT2D eigenvalue weighted by molar-refractivity contribution is -0.118. The molecule has 1 fully saturated rings. The monoisotopic (exact) mass is 382 g/mol. The van der Waals surface area contributed by atoms with Gasteiger partial charge in [-0.05, 0) is 62.1 Å². The number of aromatic amines is 1. The number of hydrogen-bond donors (Lipinski definition) is 2. The molecule has 1 saturated carbocycles. The van der Waals surface area contributed by atoms with Gasteiger partial charge >= 0.3 is 0 Å². The Morgan fingerprint density at radius 2 is 1.92 bits per heavy atom. The van der Waals surface area contributed by atoms with Gasteiger partial charge in [-0.2, -0.15) is 0 Å². The van der Waals surface area contributed by atoms with E-state index in [9.17, 15) is 4.79 Å². The quantitative estimate of drug-likeness (QED) is 0.640. The predicted octanol–water partition coefficient (Wildman–Crippen LogP) is 5.22. The summed E-state index contributed by atoms with van der Waals surface area (Å²) >= 11 is 3.47. The van der Waals surface area contributed by atoms with Gasteiger partial charge in [0.15, 0.2) is 0 Å². The number of benzene rings is 2. The van der Waals surface area contributed by atoms with Crippen LogP contribution in [0.15, 0.2) is 46.9 Å². The average Bonchev–Trinajstić information content (AvgIpc) is 3.27. The maximum atomic E-state index is 13.1. The molecule has 0 radical (unpaired) electrons. The number of carbonyl (C=O) groups is 1. The predicted molar refractivity (Wildman–Crippen MR) is 101 cm³/mol. The number of carbonyl (C=O) groups excluding carboxylic acids is 1. The molecule has 1 amide bonds. The van der Waals surface area contributed by atoms with Crippen molar-refractivity contribution >= 4 is 38.4 Å². The third kappa shape index (κ3) is 2.37. The summed E-state index contributed by atoms with van der Waals surface area (Å²) in [6.07, 6.45) is 1.80. The Hall–Kier alpha value is -2.07. The third-order valence-corrected chi connectivity index (χ3v) is 5.49. The zero-order valence-electron chi connectivity index (χ0n) is 13.7. The molecule has 1 heterocycles. The normalized spacial score (nSPS) is 15.5. The molecule has 1 aromatic heterocycles. The number of para-hydroxylation sites is 1. The molecule has 0 aliphatic heterocycles. The fourth-order valence-corrected chi connectivity index (χ4v) is 4.09. The maximum absolute atomic E-state index is 13.1. The van der Waals surface area contributed by atoms with E-state index >= 15 is 0 Å². The van der Waals surface area contributed by atoms with Crippen molar-refractivity contribution in [3.63, 3.8) is 0 Å². The molecule has 4 heteroatoms. The lowest BCUT2D eigenvalue weighted by atomic mass is 9.92. The van der Waals surface area contributed by atoms with Crippen LogP contribution in [0.25, 0.3) is 10.9 Å². The number of nitrogens with one attached hydrogen (secondary N) is 2. The van der Waals surface area contributed by atoms with Gasteiger partial charge in [-0.1, -0.05) is 34.1 Å². The van der Waals surface area contributed by atoms with E-state index in [1.807, 2.05) is 37.3 Å². The Kier molecular flexibility index (Phi) is 3.53. The highest BCUT2D eigenvalue weighted by Crippen LogP contribution is 2.52. The Morgan fingerprint density at radius 1 is 1.17 bits per heavy atom. The number of aromatic nitrogens is 1. The summed E-state index contributed by atoms with van der Waals surface area (Å²) in [5.74, 6) is 0.0979. The summed E-state index contributed by atoms with van der Waals surface area (Å²) in [7, 11) is 0. The van der Waals surface area contributed by atoms with Gasteiger partial charge in [0.25, 0.3) is 0 Å². The number of hydrogen-bond acceptors (Lipinski definition) is 1. The van der Waals surface area contributed by atoms with Crippen LogP contribution < -0.4 is 5.32 Å². The molecule has 0 unspecified atom stereocenters. The van der Waals surface area contributed by atoms with E-state index in [0.717, 1.165) is 50.7 Å². The molecule has 24 heavy (non-hydrogen) atoms. The van der Waals surface area contributed by atoms with E-state index in [0.29, 0.717) is 0 Å². The number of rotatable bonds is 3.